The second-order valence-corrected chi connectivity index (χ2v) is 4.84. The monoisotopic (exact) mass is 246 g/mol. The molecule has 0 aromatic heterocycles. The van der Waals surface area contributed by atoms with Crippen LogP contribution in [0.25, 0.3) is 0 Å². The second-order valence-electron chi connectivity index (χ2n) is 4.84. The molecule has 1 fully saturated rings. The van der Waals surface area contributed by atoms with Crippen LogP contribution in [0.1, 0.15) is 18.1 Å². The minimum Gasteiger partial charge on any atom is -0.384 e. The molecule has 0 aliphatic carbocycles. The summed E-state index contributed by atoms with van der Waals surface area (Å²) in [5, 5.41) is 7.46. The summed E-state index contributed by atoms with van der Waals surface area (Å²) in [5.41, 5.74) is 8.79. The molecule has 18 heavy (non-hydrogen) atoms. The number of nitrogen functional groups attached to an aromatic ring is 1. The average molecular weight is 246 g/mol. The van der Waals surface area contributed by atoms with Gasteiger partial charge in [0.1, 0.15) is 5.84 Å². The standard InChI is InChI=1S/C14H22N4/c1-3-17-6-8-18(9-7-17)13-5-4-12(14(15)16)10-11(13)2/h4-5,10H,3,6-9H2,1-2H3,(H3,15,16). The zero-order chi connectivity index (χ0) is 13.1. The van der Waals surface area contributed by atoms with Crippen molar-refractivity contribution in [3.8, 4) is 0 Å². The summed E-state index contributed by atoms with van der Waals surface area (Å²) >= 11 is 0. The van der Waals surface area contributed by atoms with Gasteiger partial charge in [-0.3, -0.25) is 5.41 Å². The molecule has 1 aliphatic heterocycles. The van der Waals surface area contributed by atoms with E-state index in [1.807, 2.05) is 12.1 Å². The van der Waals surface area contributed by atoms with E-state index in [0.29, 0.717) is 0 Å². The summed E-state index contributed by atoms with van der Waals surface area (Å²) in [6.07, 6.45) is 0. The first kappa shape index (κ1) is 12.9. The molecule has 4 nitrogen and oxygen atoms in total. The molecule has 0 amide bonds. The first-order valence-corrected chi connectivity index (χ1v) is 6.54. The van der Waals surface area contributed by atoms with Crippen molar-refractivity contribution in [2.75, 3.05) is 37.6 Å². The molecule has 1 saturated heterocycles. The fraction of sp³-hybridized carbons (Fsp3) is 0.500. The molecule has 0 bridgehead atoms. The Balaban J connectivity index is 2.12. The van der Waals surface area contributed by atoms with Crippen molar-refractivity contribution >= 4 is 11.5 Å². The van der Waals surface area contributed by atoms with Gasteiger partial charge in [-0.05, 0) is 37.2 Å². The van der Waals surface area contributed by atoms with E-state index in [-0.39, 0.29) is 5.84 Å². The number of hydrogen-bond acceptors (Lipinski definition) is 3. The van der Waals surface area contributed by atoms with Gasteiger partial charge in [0.15, 0.2) is 0 Å². The molecule has 0 unspecified atom stereocenters. The Labute approximate surface area is 109 Å². The van der Waals surface area contributed by atoms with E-state index in [9.17, 15) is 0 Å². The number of nitrogens with zero attached hydrogens (tertiary/aromatic N) is 2. The highest BCUT2D eigenvalue weighted by molar-refractivity contribution is 5.95. The van der Waals surface area contributed by atoms with Crippen molar-refractivity contribution in [1.82, 2.24) is 4.90 Å². The summed E-state index contributed by atoms with van der Waals surface area (Å²) in [7, 11) is 0. The van der Waals surface area contributed by atoms with Crippen molar-refractivity contribution in [2.24, 2.45) is 5.73 Å². The van der Waals surface area contributed by atoms with Gasteiger partial charge in [0.05, 0.1) is 0 Å². The molecule has 2 rings (SSSR count). The zero-order valence-electron chi connectivity index (χ0n) is 11.2. The molecule has 98 valence electrons. The fourth-order valence-electron chi connectivity index (χ4n) is 2.48. The summed E-state index contributed by atoms with van der Waals surface area (Å²) in [6.45, 7) is 9.85. The number of likely N-dealkylation sites (N-methyl/N-ethyl adjacent to an activating group) is 1. The summed E-state index contributed by atoms with van der Waals surface area (Å²) < 4.78 is 0. The molecule has 0 radical (unpaired) electrons. The third-order valence-corrected chi connectivity index (χ3v) is 3.67. The van der Waals surface area contributed by atoms with E-state index in [4.69, 9.17) is 11.1 Å². The number of benzene rings is 1. The number of rotatable bonds is 3. The Bertz CT molecular complexity index is 433. The zero-order valence-corrected chi connectivity index (χ0v) is 11.2. The lowest BCUT2D eigenvalue weighted by molar-refractivity contribution is 0.271. The van der Waals surface area contributed by atoms with Crippen LogP contribution in [0.4, 0.5) is 5.69 Å². The highest BCUT2D eigenvalue weighted by Gasteiger charge is 2.17. The Morgan fingerprint density at radius 1 is 1.28 bits per heavy atom. The van der Waals surface area contributed by atoms with Crippen LogP contribution in [0.5, 0.6) is 0 Å². The fourth-order valence-corrected chi connectivity index (χ4v) is 2.48. The Morgan fingerprint density at radius 3 is 2.44 bits per heavy atom. The molecular weight excluding hydrogens is 224 g/mol. The van der Waals surface area contributed by atoms with E-state index in [0.717, 1.165) is 38.3 Å². The molecule has 3 N–H and O–H groups in total. The van der Waals surface area contributed by atoms with Gasteiger partial charge in [0, 0.05) is 37.4 Å². The second kappa shape index (κ2) is 5.40. The summed E-state index contributed by atoms with van der Waals surface area (Å²) in [6, 6.07) is 6.04. The first-order valence-electron chi connectivity index (χ1n) is 6.54. The summed E-state index contributed by atoms with van der Waals surface area (Å²) in [5.74, 6) is 0.139. The van der Waals surface area contributed by atoms with Gasteiger partial charge in [0.25, 0.3) is 0 Å². The SMILES string of the molecule is CCN1CCN(c2ccc(C(=N)N)cc2C)CC1. The van der Waals surface area contributed by atoms with E-state index in [2.05, 4.69) is 29.7 Å². The lowest BCUT2D eigenvalue weighted by atomic mass is 10.1. The highest BCUT2D eigenvalue weighted by Crippen LogP contribution is 2.22. The maximum atomic E-state index is 7.46. The molecule has 1 aromatic carbocycles. The molecule has 1 heterocycles. The third kappa shape index (κ3) is 2.64. The van der Waals surface area contributed by atoms with Gasteiger partial charge in [-0.15, -0.1) is 0 Å². The predicted molar refractivity (Wildman–Crippen MR) is 76.5 cm³/mol. The van der Waals surface area contributed by atoms with Crippen molar-refractivity contribution in [3.63, 3.8) is 0 Å². The quantitative estimate of drug-likeness (QED) is 0.626. The predicted octanol–water partition coefficient (Wildman–Crippen LogP) is 1.42. The molecule has 0 atom stereocenters. The van der Waals surface area contributed by atoms with Crippen LogP contribution in [0.15, 0.2) is 18.2 Å². The molecular formula is C14H22N4. The van der Waals surface area contributed by atoms with Gasteiger partial charge in [-0.25, -0.2) is 0 Å². The van der Waals surface area contributed by atoms with Crippen molar-refractivity contribution in [1.29, 1.82) is 5.41 Å². The minimum atomic E-state index is 0.139. The van der Waals surface area contributed by atoms with Crippen LogP contribution in [0.2, 0.25) is 0 Å². The number of aryl methyl sites for hydroxylation is 1. The Morgan fingerprint density at radius 2 is 1.94 bits per heavy atom. The number of anilines is 1. The van der Waals surface area contributed by atoms with Crippen molar-refractivity contribution in [3.05, 3.63) is 29.3 Å². The Kier molecular flexibility index (Phi) is 3.87. The number of nitrogens with two attached hydrogens (primary N) is 1. The highest BCUT2D eigenvalue weighted by atomic mass is 15.3. The van der Waals surface area contributed by atoms with Crippen LogP contribution in [-0.4, -0.2) is 43.5 Å². The van der Waals surface area contributed by atoms with Gasteiger partial charge in [-0.2, -0.15) is 0 Å². The first-order chi connectivity index (χ1) is 8.61. The van der Waals surface area contributed by atoms with Gasteiger partial charge in [0.2, 0.25) is 0 Å². The van der Waals surface area contributed by atoms with E-state index < -0.39 is 0 Å². The molecule has 0 saturated carbocycles. The molecule has 4 heteroatoms. The van der Waals surface area contributed by atoms with Crippen molar-refractivity contribution < 1.29 is 0 Å². The van der Waals surface area contributed by atoms with Crippen LogP contribution in [0, 0.1) is 12.3 Å². The largest absolute Gasteiger partial charge is 0.384 e. The van der Waals surface area contributed by atoms with Gasteiger partial charge < -0.3 is 15.5 Å². The maximum absolute atomic E-state index is 7.46. The van der Waals surface area contributed by atoms with Gasteiger partial charge in [-0.1, -0.05) is 6.92 Å². The normalized spacial score (nSPS) is 16.9. The molecule has 0 spiro atoms. The van der Waals surface area contributed by atoms with E-state index in [1.54, 1.807) is 0 Å². The number of nitrogens with one attached hydrogen (secondary N) is 1. The third-order valence-electron chi connectivity index (χ3n) is 3.67. The molecule has 1 aliphatic rings. The Hall–Kier alpha value is -1.55. The van der Waals surface area contributed by atoms with E-state index in [1.165, 1.54) is 11.3 Å². The van der Waals surface area contributed by atoms with E-state index >= 15 is 0 Å². The van der Waals surface area contributed by atoms with Crippen LogP contribution < -0.4 is 10.6 Å². The maximum Gasteiger partial charge on any atom is 0.122 e. The summed E-state index contributed by atoms with van der Waals surface area (Å²) in [4.78, 5) is 4.89. The van der Waals surface area contributed by atoms with Crippen LogP contribution in [-0.2, 0) is 0 Å². The van der Waals surface area contributed by atoms with Gasteiger partial charge >= 0.3 is 0 Å². The smallest absolute Gasteiger partial charge is 0.122 e. The molecule has 1 aromatic rings. The number of piperazine rings is 1. The number of hydrogen-bond donors (Lipinski definition) is 2. The minimum absolute atomic E-state index is 0.139. The average Bonchev–Trinajstić information content (AvgIpc) is 2.38. The lowest BCUT2D eigenvalue weighted by Gasteiger charge is -2.36. The van der Waals surface area contributed by atoms with Crippen LogP contribution in [0.3, 0.4) is 0 Å². The van der Waals surface area contributed by atoms with Crippen LogP contribution >= 0.6 is 0 Å². The topological polar surface area (TPSA) is 56.4 Å². The van der Waals surface area contributed by atoms with Crippen molar-refractivity contribution in [2.45, 2.75) is 13.8 Å². The lowest BCUT2D eigenvalue weighted by Crippen LogP contribution is -2.46. The number of amidine groups is 1.